The fraction of sp³-hybridized carbons (Fsp3) is 0.643. The molecule has 1 aromatic rings. The van der Waals surface area contributed by atoms with Crippen LogP contribution < -0.4 is 59.3 Å². The van der Waals surface area contributed by atoms with Crippen molar-refractivity contribution in [1.82, 2.24) is 62.7 Å². The first-order valence-electron chi connectivity index (χ1n) is 22.7. The summed E-state index contributed by atoms with van der Waals surface area (Å²) in [4.78, 5) is 161. The summed E-state index contributed by atoms with van der Waals surface area (Å²) in [6.07, 6.45) is 3.15. The molecule has 0 spiro atoms. The summed E-state index contributed by atoms with van der Waals surface area (Å²) in [7, 11) is 0. The lowest BCUT2D eigenvalue weighted by molar-refractivity contribution is -0.139. The van der Waals surface area contributed by atoms with Gasteiger partial charge in [-0.1, -0.05) is 34.1 Å². The zero-order chi connectivity index (χ0) is 52.7. The molecular formula is C42H68N14O14. The number of aromatic amines is 1. The van der Waals surface area contributed by atoms with Gasteiger partial charge in [0.25, 0.3) is 0 Å². The minimum absolute atomic E-state index is 0.0507. The molecule has 2 rings (SSSR count). The number of aliphatic hydroxyl groups excluding tert-OH is 1. The number of nitrogens with zero attached hydrogens (tertiary/aromatic N) is 2. The zero-order valence-electron chi connectivity index (χ0n) is 39.9. The zero-order valence-corrected chi connectivity index (χ0v) is 39.9. The first kappa shape index (κ1) is 58.9. The average molecular weight is 993 g/mol. The number of carbonyl (C=O) groups excluding carboxylic acids is 11. The number of rotatable bonds is 30. The number of aliphatic carboxylic acids is 1. The quantitative estimate of drug-likeness (QED) is 0.0341. The van der Waals surface area contributed by atoms with E-state index >= 15 is 0 Å². The van der Waals surface area contributed by atoms with Crippen LogP contribution in [0, 0.1) is 11.8 Å². The number of likely N-dealkylation sites (tertiary alicyclic amines) is 1. The molecule has 0 unspecified atom stereocenters. The highest BCUT2D eigenvalue weighted by molar-refractivity contribution is 5.98. The number of nitrogens with one attached hydrogen (secondary N) is 10. The number of aromatic nitrogens is 2. The molecule has 2 heterocycles. The Morgan fingerprint density at radius 1 is 0.757 bits per heavy atom. The van der Waals surface area contributed by atoms with Crippen molar-refractivity contribution < 1.29 is 67.7 Å². The van der Waals surface area contributed by atoms with Gasteiger partial charge in [-0.3, -0.25) is 57.5 Å². The number of hydrogen-bond donors (Lipinski definition) is 14. The Morgan fingerprint density at radius 2 is 1.36 bits per heavy atom. The van der Waals surface area contributed by atoms with E-state index in [1.165, 1.54) is 24.3 Å². The number of primary amides is 1. The van der Waals surface area contributed by atoms with Crippen LogP contribution in [0.25, 0.3) is 0 Å². The van der Waals surface area contributed by atoms with Crippen molar-refractivity contribution >= 4 is 70.9 Å². The molecule has 0 radical (unpaired) electrons. The maximum absolute atomic E-state index is 13.6. The maximum Gasteiger partial charge on any atom is 0.322 e. The summed E-state index contributed by atoms with van der Waals surface area (Å²) in [6, 6.07) is -8.98. The van der Waals surface area contributed by atoms with Gasteiger partial charge < -0.3 is 79.4 Å². The number of imidazole rings is 1. The first-order chi connectivity index (χ1) is 33.0. The molecule has 28 nitrogen and oxygen atoms in total. The van der Waals surface area contributed by atoms with E-state index in [1.807, 2.05) is 19.2 Å². The van der Waals surface area contributed by atoms with Gasteiger partial charge in [0.15, 0.2) is 0 Å². The number of amides is 11. The van der Waals surface area contributed by atoms with Crippen LogP contribution in [0.3, 0.4) is 0 Å². The lowest BCUT2D eigenvalue weighted by atomic mass is 9.98. The molecule has 0 aromatic carbocycles. The van der Waals surface area contributed by atoms with Crippen LogP contribution >= 0.6 is 0 Å². The van der Waals surface area contributed by atoms with Gasteiger partial charge in [-0.05, 0) is 44.4 Å². The van der Waals surface area contributed by atoms with E-state index in [2.05, 4.69) is 52.5 Å². The normalized spacial score (nSPS) is 16.1. The van der Waals surface area contributed by atoms with Crippen LogP contribution in [0.2, 0.25) is 0 Å². The van der Waals surface area contributed by atoms with Crippen molar-refractivity contribution in [3.63, 3.8) is 0 Å². The highest BCUT2D eigenvalue weighted by atomic mass is 16.4. The van der Waals surface area contributed by atoms with Crippen LogP contribution in [-0.2, 0) is 64.0 Å². The predicted molar refractivity (Wildman–Crippen MR) is 244 cm³/mol. The van der Waals surface area contributed by atoms with Gasteiger partial charge in [0.1, 0.15) is 48.8 Å². The van der Waals surface area contributed by atoms with Crippen molar-refractivity contribution in [3.8, 4) is 0 Å². The van der Waals surface area contributed by atoms with Crippen molar-refractivity contribution in [2.75, 3.05) is 39.3 Å². The number of carboxylic acids is 1. The van der Waals surface area contributed by atoms with Crippen LogP contribution in [0.15, 0.2) is 12.5 Å². The van der Waals surface area contributed by atoms with Crippen LogP contribution in [0.1, 0.15) is 78.8 Å². The minimum atomic E-state index is -1.63. The van der Waals surface area contributed by atoms with E-state index in [9.17, 15) is 62.6 Å². The summed E-state index contributed by atoms with van der Waals surface area (Å²) in [5.74, 6) is -10.8. The predicted octanol–water partition coefficient (Wildman–Crippen LogP) is -6.39. The molecule has 16 N–H and O–H groups in total. The summed E-state index contributed by atoms with van der Waals surface area (Å²) in [5, 5.41) is 40.1. The summed E-state index contributed by atoms with van der Waals surface area (Å²) in [5.41, 5.74) is 11.1. The second-order valence-corrected chi connectivity index (χ2v) is 17.1. The van der Waals surface area contributed by atoms with Gasteiger partial charge in [0.05, 0.1) is 32.6 Å². The molecule has 8 atom stereocenters. The Morgan fingerprint density at radius 3 is 1.93 bits per heavy atom. The lowest BCUT2D eigenvalue weighted by Crippen LogP contribution is -2.59. The molecule has 390 valence electrons. The molecule has 0 bridgehead atoms. The Hall–Kier alpha value is -7.23. The van der Waals surface area contributed by atoms with Crippen molar-refractivity contribution in [3.05, 3.63) is 18.2 Å². The fourth-order valence-electron chi connectivity index (χ4n) is 6.98. The topological polar surface area (TPSA) is 438 Å². The molecule has 70 heavy (non-hydrogen) atoms. The summed E-state index contributed by atoms with van der Waals surface area (Å²) in [6.45, 7) is 5.38. The number of nitrogens with two attached hydrogens (primary N) is 2. The Kier molecular flexibility index (Phi) is 24.9. The molecular weight excluding hydrogens is 925 g/mol. The molecule has 0 aliphatic carbocycles. The number of hydrogen-bond acceptors (Lipinski definition) is 15. The monoisotopic (exact) mass is 993 g/mol. The van der Waals surface area contributed by atoms with E-state index in [-0.39, 0.29) is 31.7 Å². The van der Waals surface area contributed by atoms with Crippen LogP contribution in [-0.4, -0.2) is 178 Å². The number of H-pyrrole nitrogens is 1. The SMILES string of the molecule is CC[C@H](C)[C@H](NC(=O)CNC(=O)[C@H](CC(C)C)NC(=O)[C@@H]1CCCN1C(=O)CN)C(=O)N[C@@H](C)C(=O)NCC(=O)N[C@@H](CCC(N)=O)C(=O)N[C@@H](Cc1cnc[nH]1)C(=O)N[C@@H](CO)C(=O)NCC(=O)O. The third kappa shape index (κ3) is 20.2. The number of aliphatic hydroxyl groups is 1. The van der Waals surface area contributed by atoms with Crippen LogP contribution in [0.5, 0.6) is 0 Å². The molecule has 0 saturated carbocycles. The van der Waals surface area contributed by atoms with Crippen molar-refractivity contribution in [2.24, 2.45) is 23.3 Å². The number of carboxylic acid groups (broad SMARTS) is 1. The largest absolute Gasteiger partial charge is 0.480 e. The highest BCUT2D eigenvalue weighted by Gasteiger charge is 2.36. The summed E-state index contributed by atoms with van der Waals surface area (Å²) < 4.78 is 0. The molecule has 1 aliphatic heterocycles. The third-order valence-electron chi connectivity index (χ3n) is 11.0. The maximum atomic E-state index is 13.6. The fourth-order valence-corrected chi connectivity index (χ4v) is 6.98. The van der Waals surface area contributed by atoms with Gasteiger partial charge in [0.2, 0.25) is 65.0 Å². The van der Waals surface area contributed by atoms with E-state index in [0.717, 1.165) is 0 Å². The van der Waals surface area contributed by atoms with E-state index in [4.69, 9.17) is 16.6 Å². The molecule has 1 aliphatic rings. The standard InChI is InChI=1S/C42H68N14O14/c1-6-22(4)35(55-32(60)17-47-37(65)26(12-21(2)3)53-41(69)29-8-7-11-56(29)33(61)14-43)42(70)50-23(5)36(64)46-16-31(59)51-25(9-10-30(44)58)39(67)52-27(13-24-15-45-20-49-24)40(68)54-28(19-57)38(66)48-18-34(62)63/h15,20-23,25-29,35,57H,6-14,16-19,43H2,1-5H3,(H2,44,58)(H,45,49)(H,46,64)(H,47,65)(H,48,66)(H,50,70)(H,51,59)(H,52,67)(H,53,69)(H,54,68)(H,55,60)(H,62,63)/t22-,23-,25-,26-,27-,28-,29-,35-/m0/s1. The summed E-state index contributed by atoms with van der Waals surface area (Å²) >= 11 is 0. The van der Waals surface area contributed by atoms with Gasteiger partial charge in [-0.2, -0.15) is 0 Å². The van der Waals surface area contributed by atoms with Crippen molar-refractivity contribution in [2.45, 2.75) is 122 Å². The van der Waals surface area contributed by atoms with E-state index in [1.54, 1.807) is 13.8 Å². The van der Waals surface area contributed by atoms with Crippen molar-refractivity contribution in [1.29, 1.82) is 0 Å². The van der Waals surface area contributed by atoms with Gasteiger partial charge in [-0.25, -0.2) is 4.98 Å². The molecule has 1 saturated heterocycles. The highest BCUT2D eigenvalue weighted by Crippen LogP contribution is 2.18. The Labute approximate surface area is 403 Å². The van der Waals surface area contributed by atoms with Crippen LogP contribution in [0.4, 0.5) is 0 Å². The molecule has 1 aromatic heterocycles. The molecule has 1 fully saturated rings. The smallest absolute Gasteiger partial charge is 0.322 e. The Bertz CT molecular complexity index is 2020. The number of carbonyl (C=O) groups is 12. The first-order valence-corrected chi connectivity index (χ1v) is 22.7. The Balaban J connectivity index is 2.06. The minimum Gasteiger partial charge on any atom is -0.480 e. The van der Waals surface area contributed by atoms with Gasteiger partial charge in [-0.15, -0.1) is 0 Å². The molecule has 28 heteroatoms. The lowest BCUT2D eigenvalue weighted by Gasteiger charge is -2.27. The second-order valence-electron chi connectivity index (χ2n) is 17.1. The van der Waals surface area contributed by atoms with E-state index in [0.29, 0.717) is 31.5 Å². The van der Waals surface area contributed by atoms with Gasteiger partial charge in [0, 0.05) is 31.3 Å². The molecule has 11 amide bonds. The van der Waals surface area contributed by atoms with E-state index < -0.39 is 152 Å². The third-order valence-corrected chi connectivity index (χ3v) is 11.0. The van der Waals surface area contributed by atoms with Gasteiger partial charge >= 0.3 is 5.97 Å². The second kappa shape index (κ2) is 29.6. The average Bonchev–Trinajstić information content (AvgIpc) is 4.03.